The summed E-state index contributed by atoms with van der Waals surface area (Å²) in [4.78, 5) is 25.5. The Morgan fingerprint density at radius 1 is 1.53 bits per heavy atom. The fourth-order valence-corrected chi connectivity index (χ4v) is 2.72. The molecule has 1 aromatic rings. The van der Waals surface area contributed by atoms with Crippen molar-refractivity contribution in [1.29, 1.82) is 0 Å². The number of piperidine rings is 1. The highest BCUT2D eigenvalue weighted by molar-refractivity contribution is 9.10. The number of Topliss-reactive ketones (excluding diaryl/α,β-unsaturated/α-hetero) is 1. The van der Waals surface area contributed by atoms with Gasteiger partial charge in [0.1, 0.15) is 5.78 Å². The van der Waals surface area contributed by atoms with E-state index in [2.05, 4.69) is 15.9 Å². The number of nitrogens with zero attached hydrogens (tertiary/aromatic N) is 1. The van der Waals surface area contributed by atoms with Gasteiger partial charge < -0.3 is 4.90 Å². The number of hydrogen-bond donors (Lipinski definition) is 0. The summed E-state index contributed by atoms with van der Waals surface area (Å²) in [5.74, 6) is -1.42. The Balaban J connectivity index is 2.32. The lowest BCUT2D eigenvalue weighted by atomic mass is 9.91. The van der Waals surface area contributed by atoms with Crippen molar-refractivity contribution >= 4 is 33.3 Å². The van der Waals surface area contributed by atoms with Gasteiger partial charge in [-0.2, -0.15) is 0 Å². The minimum Gasteiger partial charge on any atom is -0.309 e. The molecule has 1 fully saturated rings. The van der Waals surface area contributed by atoms with E-state index in [0.29, 0.717) is 30.3 Å². The zero-order chi connectivity index (χ0) is 14.0. The summed E-state index contributed by atoms with van der Waals surface area (Å²) in [5, 5.41) is 0. The largest absolute Gasteiger partial charge is 0.309 e. The Kier molecular flexibility index (Phi) is 4.34. The van der Waals surface area contributed by atoms with Gasteiger partial charge in [0.25, 0.3) is 0 Å². The first-order valence-corrected chi connectivity index (χ1v) is 7.13. The number of rotatable bonds is 3. The van der Waals surface area contributed by atoms with Crippen molar-refractivity contribution in [1.82, 2.24) is 0 Å². The molecule has 1 aliphatic heterocycles. The van der Waals surface area contributed by atoms with E-state index in [9.17, 15) is 14.0 Å². The minimum atomic E-state index is -0.614. The van der Waals surface area contributed by atoms with Crippen LogP contribution in [0.5, 0.6) is 0 Å². The molecule has 0 aliphatic carbocycles. The van der Waals surface area contributed by atoms with Crippen molar-refractivity contribution in [3.63, 3.8) is 0 Å². The first-order chi connectivity index (χ1) is 9.06. The summed E-state index contributed by atoms with van der Waals surface area (Å²) >= 11 is 3.11. The predicted molar refractivity (Wildman–Crippen MR) is 74.5 cm³/mol. The smallest absolute Gasteiger partial charge is 0.237 e. The molecule has 19 heavy (non-hydrogen) atoms. The van der Waals surface area contributed by atoms with Crippen LogP contribution in [0.3, 0.4) is 0 Å². The Hall–Kier alpha value is -1.23. The third kappa shape index (κ3) is 2.71. The maximum atomic E-state index is 14.0. The van der Waals surface area contributed by atoms with Crippen LogP contribution in [0, 0.1) is 11.7 Å². The molecular formula is C14H15BrFNO2. The van der Waals surface area contributed by atoms with E-state index in [1.165, 1.54) is 4.90 Å². The lowest BCUT2D eigenvalue weighted by Crippen LogP contribution is -2.44. The highest BCUT2D eigenvalue weighted by Gasteiger charge is 2.34. The number of carbonyl (C=O) groups excluding carboxylic acids is 2. The second-order valence-electron chi connectivity index (χ2n) is 4.58. The molecule has 0 N–H and O–H groups in total. The lowest BCUT2D eigenvalue weighted by Gasteiger charge is -2.31. The second-order valence-corrected chi connectivity index (χ2v) is 5.43. The van der Waals surface area contributed by atoms with Crippen LogP contribution in [-0.4, -0.2) is 18.2 Å². The van der Waals surface area contributed by atoms with E-state index in [-0.39, 0.29) is 17.4 Å². The minimum absolute atomic E-state index is 0.0647. The zero-order valence-corrected chi connectivity index (χ0v) is 12.2. The number of ketones is 1. The first kappa shape index (κ1) is 14.2. The molecule has 0 aromatic heterocycles. The van der Waals surface area contributed by atoms with Crippen LogP contribution in [0.25, 0.3) is 0 Å². The Morgan fingerprint density at radius 3 is 2.95 bits per heavy atom. The van der Waals surface area contributed by atoms with Crippen LogP contribution in [0.1, 0.15) is 26.2 Å². The van der Waals surface area contributed by atoms with Crippen molar-refractivity contribution in [3.05, 3.63) is 28.5 Å². The molecule has 1 heterocycles. The third-order valence-electron chi connectivity index (χ3n) is 3.40. The molecule has 1 aliphatic rings. The third-order valence-corrected chi connectivity index (χ3v) is 4.01. The summed E-state index contributed by atoms with van der Waals surface area (Å²) in [6, 6.07) is 4.83. The Morgan fingerprint density at radius 2 is 2.26 bits per heavy atom. The van der Waals surface area contributed by atoms with Gasteiger partial charge in [-0.1, -0.05) is 13.0 Å². The number of amides is 1. The number of halogens is 2. The van der Waals surface area contributed by atoms with Crippen LogP contribution in [-0.2, 0) is 9.59 Å². The quantitative estimate of drug-likeness (QED) is 0.799. The molecule has 0 spiro atoms. The lowest BCUT2D eigenvalue weighted by molar-refractivity contribution is -0.133. The van der Waals surface area contributed by atoms with E-state index in [4.69, 9.17) is 0 Å². The SMILES string of the molecule is CCC(=O)[C@H]1CCCN(c2cccc(Br)c2F)C1=O. The fraction of sp³-hybridized carbons (Fsp3) is 0.429. The monoisotopic (exact) mass is 327 g/mol. The van der Waals surface area contributed by atoms with Gasteiger partial charge in [-0.25, -0.2) is 4.39 Å². The molecule has 1 atom stereocenters. The molecule has 102 valence electrons. The van der Waals surface area contributed by atoms with Gasteiger partial charge in [0.15, 0.2) is 5.82 Å². The van der Waals surface area contributed by atoms with Gasteiger partial charge in [0, 0.05) is 13.0 Å². The van der Waals surface area contributed by atoms with Crippen molar-refractivity contribution in [3.8, 4) is 0 Å². The normalized spacial score (nSPS) is 19.6. The second kappa shape index (κ2) is 5.82. The summed E-state index contributed by atoms with van der Waals surface area (Å²) in [5.41, 5.74) is 0.243. The number of hydrogen-bond acceptors (Lipinski definition) is 2. The molecule has 1 aromatic carbocycles. The highest BCUT2D eigenvalue weighted by Crippen LogP contribution is 2.30. The molecule has 2 rings (SSSR count). The Bertz CT molecular complexity index is 518. The van der Waals surface area contributed by atoms with Gasteiger partial charge in [-0.3, -0.25) is 9.59 Å². The maximum absolute atomic E-state index is 14.0. The molecule has 1 saturated heterocycles. The summed E-state index contributed by atoms with van der Waals surface area (Å²) in [6.45, 7) is 2.20. The molecule has 5 heteroatoms. The van der Waals surface area contributed by atoms with Crippen molar-refractivity contribution < 1.29 is 14.0 Å². The highest BCUT2D eigenvalue weighted by atomic mass is 79.9. The standard InChI is InChI=1S/C14H15BrFNO2/c1-2-12(18)9-5-4-8-17(14(9)19)11-7-3-6-10(15)13(11)16/h3,6-7,9H,2,4-5,8H2,1H3/t9-/m1/s1. The van der Waals surface area contributed by atoms with Crippen molar-refractivity contribution in [2.75, 3.05) is 11.4 Å². The molecule has 1 amide bonds. The average molecular weight is 328 g/mol. The number of anilines is 1. The van der Waals surface area contributed by atoms with Crippen LogP contribution in [0.4, 0.5) is 10.1 Å². The van der Waals surface area contributed by atoms with Gasteiger partial charge >= 0.3 is 0 Å². The predicted octanol–water partition coefficient (Wildman–Crippen LogP) is 3.31. The molecule has 0 radical (unpaired) electrons. The van der Waals surface area contributed by atoms with Gasteiger partial charge in [0.2, 0.25) is 5.91 Å². The maximum Gasteiger partial charge on any atom is 0.237 e. The number of benzene rings is 1. The summed E-state index contributed by atoms with van der Waals surface area (Å²) < 4.78 is 14.4. The fourth-order valence-electron chi connectivity index (χ4n) is 2.36. The summed E-state index contributed by atoms with van der Waals surface area (Å²) in [7, 11) is 0. The molecule has 0 bridgehead atoms. The van der Waals surface area contributed by atoms with E-state index in [0.717, 1.165) is 0 Å². The zero-order valence-electron chi connectivity index (χ0n) is 10.7. The van der Waals surface area contributed by atoms with E-state index in [1.54, 1.807) is 25.1 Å². The van der Waals surface area contributed by atoms with Crippen LogP contribution < -0.4 is 4.90 Å². The van der Waals surface area contributed by atoms with E-state index >= 15 is 0 Å². The molecule has 3 nitrogen and oxygen atoms in total. The Labute approximate surface area is 119 Å². The van der Waals surface area contributed by atoms with Gasteiger partial charge in [0.05, 0.1) is 16.1 Å². The van der Waals surface area contributed by atoms with Crippen molar-refractivity contribution in [2.24, 2.45) is 5.92 Å². The van der Waals surface area contributed by atoms with E-state index < -0.39 is 11.7 Å². The molecular weight excluding hydrogens is 313 g/mol. The van der Waals surface area contributed by atoms with Crippen LogP contribution >= 0.6 is 15.9 Å². The van der Waals surface area contributed by atoms with Crippen LogP contribution in [0.15, 0.2) is 22.7 Å². The summed E-state index contributed by atoms with van der Waals surface area (Å²) in [6.07, 6.45) is 1.62. The van der Waals surface area contributed by atoms with Crippen molar-refractivity contribution in [2.45, 2.75) is 26.2 Å². The topological polar surface area (TPSA) is 37.4 Å². The molecule has 0 unspecified atom stereocenters. The average Bonchev–Trinajstić information content (AvgIpc) is 2.42. The van der Waals surface area contributed by atoms with Gasteiger partial charge in [-0.15, -0.1) is 0 Å². The van der Waals surface area contributed by atoms with E-state index in [1.807, 2.05) is 0 Å². The molecule has 0 saturated carbocycles. The van der Waals surface area contributed by atoms with Crippen LogP contribution in [0.2, 0.25) is 0 Å². The van der Waals surface area contributed by atoms with Gasteiger partial charge in [-0.05, 0) is 40.9 Å². The first-order valence-electron chi connectivity index (χ1n) is 6.34. The number of carbonyl (C=O) groups is 2.